The van der Waals surface area contributed by atoms with Gasteiger partial charge in [-0.15, -0.1) is 0 Å². The van der Waals surface area contributed by atoms with Crippen molar-refractivity contribution in [3.05, 3.63) is 41.5 Å². The van der Waals surface area contributed by atoms with Gasteiger partial charge in [0.25, 0.3) is 0 Å². The van der Waals surface area contributed by atoms with Gasteiger partial charge in [-0.2, -0.15) is 0 Å². The molecule has 4 heteroatoms. The molecule has 0 saturated heterocycles. The lowest BCUT2D eigenvalue weighted by molar-refractivity contribution is -0.131. The molecule has 0 spiro atoms. The van der Waals surface area contributed by atoms with Crippen molar-refractivity contribution in [1.82, 2.24) is 0 Å². The molecule has 2 N–H and O–H groups in total. The molecule has 1 aromatic carbocycles. The zero-order chi connectivity index (χ0) is 13.4. The lowest BCUT2D eigenvalue weighted by atomic mass is 10.1. The molecule has 0 aliphatic heterocycles. The van der Waals surface area contributed by atoms with E-state index in [9.17, 15) is 4.79 Å². The van der Waals surface area contributed by atoms with Crippen LogP contribution in [0.3, 0.4) is 0 Å². The molecule has 0 radical (unpaired) electrons. The normalized spacial score (nSPS) is 11.2. The lowest BCUT2D eigenvalue weighted by Crippen LogP contribution is -1.90. The molecule has 0 unspecified atom stereocenters. The Balaban J connectivity index is 2.98. The Morgan fingerprint density at radius 1 is 1.39 bits per heavy atom. The minimum Gasteiger partial charge on any atom is -0.496 e. The molecule has 0 saturated carbocycles. The summed E-state index contributed by atoms with van der Waals surface area (Å²) in [5.74, 6) is -0.384. The largest absolute Gasteiger partial charge is 0.496 e. The van der Waals surface area contributed by atoms with Crippen LogP contribution in [-0.4, -0.2) is 29.9 Å². The number of ether oxygens (including phenoxy) is 1. The van der Waals surface area contributed by atoms with Crippen LogP contribution < -0.4 is 4.74 Å². The highest BCUT2D eigenvalue weighted by Gasteiger charge is 2.00. The summed E-state index contributed by atoms with van der Waals surface area (Å²) in [5, 5.41) is 17.3. The van der Waals surface area contributed by atoms with E-state index in [4.69, 9.17) is 14.9 Å². The van der Waals surface area contributed by atoms with Crippen molar-refractivity contribution < 1.29 is 19.7 Å². The van der Waals surface area contributed by atoms with E-state index in [1.165, 1.54) is 13.2 Å². The Bertz CT molecular complexity index is 461. The Labute approximate surface area is 106 Å². The molecular weight excluding hydrogens is 232 g/mol. The van der Waals surface area contributed by atoms with Gasteiger partial charge in [-0.3, -0.25) is 0 Å². The number of carbonyl (C=O) groups is 1. The number of hydrogen-bond donors (Lipinski definition) is 2. The molecule has 0 heterocycles. The molecule has 1 aromatic rings. The second-order valence-corrected chi connectivity index (χ2v) is 3.59. The number of carboxylic acid groups (broad SMARTS) is 1. The van der Waals surface area contributed by atoms with Crippen LogP contribution in [0.5, 0.6) is 5.75 Å². The van der Waals surface area contributed by atoms with Crippen LogP contribution in [0, 0.1) is 0 Å². The first-order chi connectivity index (χ1) is 8.67. The standard InChI is InChI=1S/C14H16O4/c1-18-13-7-5-11(4-2-3-9-15)10-12(13)6-8-14(16)17/h2,4-8,10,15H,3,9H2,1H3,(H,16,17)/b4-2?,8-6+. The van der Waals surface area contributed by atoms with Gasteiger partial charge in [-0.05, 0) is 30.2 Å². The average molecular weight is 248 g/mol. The minimum absolute atomic E-state index is 0.110. The summed E-state index contributed by atoms with van der Waals surface area (Å²) < 4.78 is 5.15. The number of aliphatic hydroxyl groups excluding tert-OH is 1. The van der Waals surface area contributed by atoms with E-state index >= 15 is 0 Å². The quantitative estimate of drug-likeness (QED) is 0.757. The summed E-state index contributed by atoms with van der Waals surface area (Å²) in [7, 11) is 1.54. The van der Waals surface area contributed by atoms with E-state index in [0.29, 0.717) is 17.7 Å². The molecule has 1 rings (SSSR count). The summed E-state index contributed by atoms with van der Waals surface area (Å²) in [4.78, 5) is 10.5. The topological polar surface area (TPSA) is 66.8 Å². The van der Waals surface area contributed by atoms with Crippen molar-refractivity contribution in [2.75, 3.05) is 13.7 Å². The predicted molar refractivity (Wildman–Crippen MR) is 70.4 cm³/mol. The van der Waals surface area contributed by atoms with Gasteiger partial charge < -0.3 is 14.9 Å². The van der Waals surface area contributed by atoms with Crippen LogP contribution in [0.2, 0.25) is 0 Å². The van der Waals surface area contributed by atoms with Gasteiger partial charge in [0, 0.05) is 18.2 Å². The third kappa shape index (κ3) is 4.43. The number of rotatable bonds is 6. The molecule has 18 heavy (non-hydrogen) atoms. The molecule has 4 nitrogen and oxygen atoms in total. The maximum Gasteiger partial charge on any atom is 0.328 e. The zero-order valence-corrected chi connectivity index (χ0v) is 10.2. The van der Waals surface area contributed by atoms with E-state index in [1.54, 1.807) is 6.07 Å². The minimum atomic E-state index is -1.00. The van der Waals surface area contributed by atoms with E-state index in [0.717, 1.165) is 11.6 Å². The van der Waals surface area contributed by atoms with E-state index < -0.39 is 5.97 Å². The van der Waals surface area contributed by atoms with Crippen LogP contribution in [0.1, 0.15) is 17.5 Å². The molecule has 0 bridgehead atoms. The van der Waals surface area contributed by atoms with E-state index in [2.05, 4.69) is 0 Å². The van der Waals surface area contributed by atoms with Crippen molar-refractivity contribution in [3.8, 4) is 5.75 Å². The lowest BCUT2D eigenvalue weighted by Gasteiger charge is -2.05. The summed E-state index contributed by atoms with van der Waals surface area (Å²) in [5.41, 5.74) is 1.63. The highest BCUT2D eigenvalue weighted by atomic mass is 16.5. The molecular formula is C14H16O4. The fourth-order valence-electron chi connectivity index (χ4n) is 1.44. The van der Waals surface area contributed by atoms with Gasteiger partial charge in [-0.25, -0.2) is 4.79 Å². The van der Waals surface area contributed by atoms with Crippen LogP contribution >= 0.6 is 0 Å². The Kier molecular flexibility index (Phi) is 5.67. The Hall–Kier alpha value is -2.07. The molecule has 0 aromatic heterocycles. The highest BCUT2D eigenvalue weighted by Crippen LogP contribution is 2.22. The number of aliphatic carboxylic acids is 1. The van der Waals surface area contributed by atoms with E-state index in [-0.39, 0.29) is 6.61 Å². The van der Waals surface area contributed by atoms with Crippen LogP contribution in [0.4, 0.5) is 0 Å². The van der Waals surface area contributed by atoms with Gasteiger partial charge in [0.2, 0.25) is 0 Å². The summed E-state index contributed by atoms with van der Waals surface area (Å²) >= 11 is 0. The predicted octanol–water partition coefficient (Wildman–Crippen LogP) is 2.19. The third-order valence-electron chi connectivity index (χ3n) is 2.27. The SMILES string of the molecule is COc1ccc(C=CCCO)cc1/C=C/C(=O)O. The van der Waals surface area contributed by atoms with Gasteiger partial charge in [0.1, 0.15) is 5.75 Å². The van der Waals surface area contributed by atoms with Crippen molar-refractivity contribution >= 4 is 18.1 Å². The van der Waals surface area contributed by atoms with Crippen LogP contribution in [0.25, 0.3) is 12.2 Å². The fraction of sp³-hybridized carbons (Fsp3) is 0.214. The zero-order valence-electron chi connectivity index (χ0n) is 10.2. The van der Waals surface area contributed by atoms with Crippen molar-refractivity contribution in [2.24, 2.45) is 0 Å². The molecule has 0 aliphatic rings. The van der Waals surface area contributed by atoms with Gasteiger partial charge in [0.15, 0.2) is 0 Å². The average Bonchev–Trinajstić information content (AvgIpc) is 2.37. The van der Waals surface area contributed by atoms with Crippen molar-refractivity contribution in [3.63, 3.8) is 0 Å². The maximum absolute atomic E-state index is 10.5. The van der Waals surface area contributed by atoms with Crippen LogP contribution in [0.15, 0.2) is 30.4 Å². The first kappa shape index (κ1) is 14.0. The second kappa shape index (κ2) is 7.29. The Morgan fingerprint density at radius 2 is 2.17 bits per heavy atom. The van der Waals surface area contributed by atoms with Crippen LogP contribution in [-0.2, 0) is 4.79 Å². The number of benzene rings is 1. The molecule has 0 amide bonds. The first-order valence-electron chi connectivity index (χ1n) is 5.54. The smallest absolute Gasteiger partial charge is 0.328 e. The first-order valence-corrected chi connectivity index (χ1v) is 5.54. The highest BCUT2D eigenvalue weighted by molar-refractivity contribution is 5.86. The third-order valence-corrected chi connectivity index (χ3v) is 2.27. The second-order valence-electron chi connectivity index (χ2n) is 3.59. The molecule has 0 fully saturated rings. The summed E-state index contributed by atoms with van der Waals surface area (Å²) in [6.07, 6.45) is 6.87. The van der Waals surface area contributed by atoms with Gasteiger partial charge >= 0.3 is 5.97 Å². The molecule has 96 valence electrons. The van der Waals surface area contributed by atoms with Crippen molar-refractivity contribution in [2.45, 2.75) is 6.42 Å². The monoisotopic (exact) mass is 248 g/mol. The summed E-state index contributed by atoms with van der Waals surface area (Å²) in [6.45, 7) is 0.110. The number of methoxy groups -OCH3 is 1. The number of carboxylic acids is 1. The number of hydrogen-bond acceptors (Lipinski definition) is 3. The molecule has 0 aliphatic carbocycles. The molecule has 0 atom stereocenters. The summed E-state index contributed by atoms with van der Waals surface area (Å²) in [6, 6.07) is 5.47. The Morgan fingerprint density at radius 3 is 2.78 bits per heavy atom. The van der Waals surface area contributed by atoms with Crippen molar-refractivity contribution in [1.29, 1.82) is 0 Å². The van der Waals surface area contributed by atoms with E-state index in [1.807, 2.05) is 24.3 Å². The number of aliphatic hydroxyl groups is 1. The van der Waals surface area contributed by atoms with Gasteiger partial charge in [0.05, 0.1) is 7.11 Å². The van der Waals surface area contributed by atoms with Gasteiger partial charge in [-0.1, -0.05) is 18.2 Å². The fourth-order valence-corrected chi connectivity index (χ4v) is 1.44. The maximum atomic E-state index is 10.5.